The van der Waals surface area contributed by atoms with Crippen molar-refractivity contribution < 1.29 is 28.9 Å². The average Bonchev–Trinajstić information content (AvgIpc) is 3.27. The van der Waals surface area contributed by atoms with E-state index in [1.54, 1.807) is 0 Å². The number of amides is 1. The third kappa shape index (κ3) is 10.4. The van der Waals surface area contributed by atoms with Gasteiger partial charge in [0.1, 0.15) is 19.6 Å². The summed E-state index contributed by atoms with van der Waals surface area (Å²) in [4.78, 5) is 32.9. The third-order valence-corrected chi connectivity index (χ3v) is 3.25. The van der Waals surface area contributed by atoms with Crippen LogP contribution in [0.25, 0.3) is 0 Å². The van der Waals surface area contributed by atoms with Gasteiger partial charge in [0.25, 0.3) is 5.91 Å². The molecule has 2 heterocycles. The van der Waals surface area contributed by atoms with Crippen LogP contribution in [-0.4, -0.2) is 62.1 Å². The van der Waals surface area contributed by atoms with Crippen molar-refractivity contribution in [2.75, 3.05) is 20.4 Å². The van der Waals surface area contributed by atoms with Crippen molar-refractivity contribution in [3.05, 3.63) is 12.2 Å². The Morgan fingerprint density at radius 2 is 1.92 bits per heavy atom. The van der Waals surface area contributed by atoms with E-state index < -0.39 is 13.9 Å². The first-order valence-corrected chi connectivity index (χ1v) is 10.2. The summed E-state index contributed by atoms with van der Waals surface area (Å²) < 4.78 is 12.0. The Labute approximate surface area is 149 Å². The zero-order valence-electron chi connectivity index (χ0n) is 15.8. The van der Waals surface area contributed by atoms with Gasteiger partial charge in [-0.3, -0.25) is 4.79 Å². The molecular formula is C14H32N4O6P+. The molecule has 0 bridgehead atoms. The van der Waals surface area contributed by atoms with Crippen molar-refractivity contribution in [3.63, 3.8) is 0 Å². The van der Waals surface area contributed by atoms with Gasteiger partial charge in [-0.05, 0) is 12.8 Å². The normalized spacial score (nSPS) is 18.8. The van der Waals surface area contributed by atoms with E-state index in [1.165, 1.54) is 17.7 Å². The minimum absolute atomic E-state index is 0.0625. The molecule has 1 aliphatic rings. The first kappa shape index (κ1) is 26.1. The topological polar surface area (TPSA) is 153 Å². The second-order valence-corrected chi connectivity index (χ2v) is 6.26. The van der Waals surface area contributed by atoms with Crippen LogP contribution in [0.3, 0.4) is 0 Å². The van der Waals surface area contributed by atoms with Gasteiger partial charge < -0.3 is 15.6 Å². The first-order valence-electron chi connectivity index (χ1n) is 8.13. The molecule has 0 aliphatic carbocycles. The highest BCUT2D eigenvalue weighted by Crippen LogP contribution is 2.47. The lowest BCUT2D eigenvalue weighted by molar-refractivity contribution is -0.0266. The quantitative estimate of drug-likeness (QED) is 0.552. The first-order chi connectivity index (χ1) is 11.8. The monoisotopic (exact) mass is 383 g/mol. The van der Waals surface area contributed by atoms with E-state index in [4.69, 9.17) is 29.9 Å². The van der Waals surface area contributed by atoms with Crippen molar-refractivity contribution in [1.82, 2.24) is 14.8 Å². The number of aliphatic hydroxyl groups excluding tert-OH is 1. The number of aromatic nitrogens is 3. The second-order valence-electron chi connectivity index (χ2n) is 4.33. The molecule has 1 amide bonds. The van der Waals surface area contributed by atoms with Crippen molar-refractivity contribution in [1.29, 1.82) is 0 Å². The number of primary amides is 1. The average molecular weight is 383 g/mol. The van der Waals surface area contributed by atoms with Crippen LogP contribution in [-0.2, 0) is 9.26 Å². The van der Waals surface area contributed by atoms with Gasteiger partial charge >= 0.3 is 7.94 Å². The van der Waals surface area contributed by atoms with Gasteiger partial charge in [0.05, 0.1) is 6.10 Å². The molecule has 2 rings (SSSR count). The van der Waals surface area contributed by atoms with Gasteiger partial charge in [0, 0.05) is 7.11 Å². The predicted octanol–water partition coefficient (Wildman–Crippen LogP) is 1.11. The Morgan fingerprint density at radius 1 is 1.36 bits per heavy atom. The maximum Gasteiger partial charge on any atom is 0.403 e. The van der Waals surface area contributed by atoms with Crippen molar-refractivity contribution in [2.45, 2.75) is 52.9 Å². The number of carbonyl (C=O) groups is 1. The highest BCUT2D eigenvalue weighted by molar-refractivity contribution is 7.58. The summed E-state index contributed by atoms with van der Waals surface area (Å²) in [6, 6.07) is 0. The van der Waals surface area contributed by atoms with Crippen molar-refractivity contribution in [3.8, 4) is 0 Å². The van der Waals surface area contributed by atoms with Gasteiger partial charge in [-0.2, -0.15) is 14.3 Å². The number of rotatable bonds is 5. The van der Waals surface area contributed by atoms with Crippen LogP contribution in [0.1, 0.15) is 57.4 Å². The summed E-state index contributed by atoms with van der Waals surface area (Å²) in [6.07, 6.45) is 2.14. The van der Waals surface area contributed by atoms with Crippen LogP contribution >= 0.6 is 7.94 Å². The maximum absolute atomic E-state index is 10.9. The molecule has 2 atom stereocenters. The maximum atomic E-state index is 10.9. The number of aliphatic hydroxyl groups is 1. The van der Waals surface area contributed by atoms with Crippen LogP contribution in [0.2, 0.25) is 0 Å². The molecule has 0 radical (unpaired) electrons. The van der Waals surface area contributed by atoms with E-state index >= 15 is 0 Å². The number of hydrogen-bond donors (Lipinski definition) is 4. The molecule has 1 aromatic rings. The van der Waals surface area contributed by atoms with Gasteiger partial charge in [-0.15, -0.1) is 5.10 Å². The second kappa shape index (κ2) is 14.1. The molecule has 5 N–H and O–H groups in total. The Bertz CT molecular complexity index is 466. The molecule has 148 valence electrons. The van der Waals surface area contributed by atoms with Gasteiger partial charge in [0.15, 0.2) is 6.23 Å². The van der Waals surface area contributed by atoms with Crippen LogP contribution in [0.5, 0.6) is 0 Å². The minimum Gasteiger partial charge on any atom is -0.400 e. The fourth-order valence-corrected chi connectivity index (χ4v) is 2.20. The summed E-state index contributed by atoms with van der Waals surface area (Å²) in [7, 11) is -2.24. The Balaban J connectivity index is 0. The zero-order valence-corrected chi connectivity index (χ0v) is 16.7. The van der Waals surface area contributed by atoms with Crippen LogP contribution in [0.15, 0.2) is 6.33 Å². The minimum atomic E-state index is -3.24. The fourth-order valence-electron chi connectivity index (χ4n) is 1.75. The number of nitrogens with two attached hydrogens (primary N) is 1. The molecule has 1 unspecified atom stereocenters. The summed E-state index contributed by atoms with van der Waals surface area (Å²) in [5.74, 6) is -0.759. The molecule has 0 aromatic carbocycles. The van der Waals surface area contributed by atoms with E-state index in [0.29, 0.717) is 12.8 Å². The molecule has 11 heteroatoms. The van der Waals surface area contributed by atoms with E-state index in [2.05, 4.69) is 10.1 Å². The van der Waals surface area contributed by atoms with Gasteiger partial charge in [0.2, 0.25) is 5.82 Å². The molecule has 0 saturated carbocycles. The predicted molar refractivity (Wildman–Crippen MR) is 95.8 cm³/mol. The van der Waals surface area contributed by atoms with Crippen LogP contribution < -0.4 is 5.73 Å². The summed E-state index contributed by atoms with van der Waals surface area (Å²) in [5.41, 5.74) is 5.06. The summed E-state index contributed by atoms with van der Waals surface area (Å²) in [5, 5.41) is 10.9. The molecule has 10 nitrogen and oxygen atoms in total. The molecule has 1 aromatic heterocycles. The summed E-state index contributed by atoms with van der Waals surface area (Å²) >= 11 is 0. The van der Waals surface area contributed by atoms with E-state index in [1.807, 2.05) is 27.7 Å². The van der Waals surface area contributed by atoms with Crippen molar-refractivity contribution in [2.24, 2.45) is 5.73 Å². The number of carbonyl (C=O) groups excluding carboxylic acids is 1. The van der Waals surface area contributed by atoms with E-state index in [0.717, 1.165) is 7.11 Å². The molecule has 1 saturated heterocycles. The Hall–Kier alpha value is -1.16. The molecular weight excluding hydrogens is 351 g/mol. The number of nitrogens with zero attached hydrogens (tertiary/aromatic N) is 3. The smallest absolute Gasteiger partial charge is 0.400 e. The number of hydrogen-bond acceptors (Lipinski definition) is 8. The molecule has 1 fully saturated rings. The van der Waals surface area contributed by atoms with Crippen LogP contribution in [0, 0.1) is 0 Å². The lowest BCUT2D eigenvalue weighted by atomic mass is 10.2. The number of ether oxygens (including phenoxy) is 1. The molecule has 0 spiro atoms. The highest BCUT2D eigenvalue weighted by atomic mass is 31.2. The van der Waals surface area contributed by atoms with Crippen LogP contribution in [0.4, 0.5) is 0 Å². The van der Waals surface area contributed by atoms with E-state index in [9.17, 15) is 4.79 Å². The standard InChI is InChI=1S/C9H15N4O5P.2C2H6.CH4O/c1-19(15,16)17-4-6-2-3-7(18-6)13-5-11-9(12-13)8(10)14;3*1-2/h5-7,15-16H,2-4H2,1H3,(H-,10,14);2*1-2H3;2H,1H3/p+1/t6?,7-;;;/m1.../s1. The molecule has 25 heavy (non-hydrogen) atoms. The Morgan fingerprint density at radius 3 is 2.36 bits per heavy atom. The lowest BCUT2D eigenvalue weighted by Crippen LogP contribution is -2.18. The SMILES string of the molecule is CC.CC.CO.C[P+](O)(O)OCC1CC[C@H](n2cnc(C(N)=O)n2)O1. The fraction of sp³-hybridized carbons (Fsp3) is 0.786. The van der Waals surface area contributed by atoms with Gasteiger partial charge in [-0.1, -0.05) is 27.7 Å². The van der Waals surface area contributed by atoms with Gasteiger partial charge in [-0.25, -0.2) is 9.67 Å². The van der Waals surface area contributed by atoms with Crippen molar-refractivity contribution >= 4 is 13.9 Å². The third-order valence-electron chi connectivity index (χ3n) is 2.61. The highest BCUT2D eigenvalue weighted by Gasteiger charge is 2.33. The molecule has 1 aliphatic heterocycles. The lowest BCUT2D eigenvalue weighted by Gasteiger charge is -2.13. The largest absolute Gasteiger partial charge is 0.403 e. The Kier molecular flexibility index (Phi) is 14.7. The zero-order chi connectivity index (χ0) is 20.0. The summed E-state index contributed by atoms with van der Waals surface area (Å²) in [6.45, 7) is 9.33. The van der Waals surface area contributed by atoms with E-state index in [-0.39, 0.29) is 24.8 Å².